The SMILES string of the molecule is C=C(OCCCC)c1c(N)ncc2c(F)c(Br)ccc12. The summed E-state index contributed by atoms with van der Waals surface area (Å²) >= 11 is 3.16. The van der Waals surface area contributed by atoms with Crippen LogP contribution in [0.2, 0.25) is 0 Å². The fourth-order valence-corrected chi connectivity index (χ4v) is 2.30. The van der Waals surface area contributed by atoms with Gasteiger partial charge in [0.2, 0.25) is 0 Å². The number of nitrogens with zero attached hydrogens (tertiary/aromatic N) is 1. The molecule has 0 aliphatic carbocycles. The van der Waals surface area contributed by atoms with Gasteiger partial charge in [-0.3, -0.25) is 0 Å². The van der Waals surface area contributed by atoms with Gasteiger partial charge in [0.1, 0.15) is 17.4 Å². The van der Waals surface area contributed by atoms with Gasteiger partial charge in [0.05, 0.1) is 16.6 Å². The molecule has 1 aromatic heterocycles. The first-order valence-corrected chi connectivity index (χ1v) is 7.19. The molecule has 0 saturated heterocycles. The number of pyridine rings is 1. The number of anilines is 1. The number of ether oxygens (including phenoxy) is 1. The molecule has 2 N–H and O–H groups in total. The van der Waals surface area contributed by atoms with E-state index >= 15 is 0 Å². The average Bonchev–Trinajstić information content (AvgIpc) is 2.43. The van der Waals surface area contributed by atoms with Crippen molar-refractivity contribution < 1.29 is 9.13 Å². The van der Waals surface area contributed by atoms with Crippen LogP contribution in [-0.2, 0) is 4.74 Å². The van der Waals surface area contributed by atoms with Crippen molar-refractivity contribution in [3.8, 4) is 0 Å². The zero-order chi connectivity index (χ0) is 14.7. The quantitative estimate of drug-likeness (QED) is 0.644. The Labute approximate surface area is 125 Å². The van der Waals surface area contributed by atoms with E-state index < -0.39 is 0 Å². The van der Waals surface area contributed by atoms with Gasteiger partial charge in [0.25, 0.3) is 0 Å². The molecule has 0 unspecified atom stereocenters. The zero-order valence-corrected chi connectivity index (χ0v) is 12.8. The lowest BCUT2D eigenvalue weighted by atomic mass is 10.1. The first-order valence-electron chi connectivity index (χ1n) is 6.40. The summed E-state index contributed by atoms with van der Waals surface area (Å²) in [5.74, 6) is 0.356. The Balaban J connectivity index is 2.49. The van der Waals surface area contributed by atoms with E-state index in [-0.39, 0.29) is 5.82 Å². The summed E-state index contributed by atoms with van der Waals surface area (Å²) in [5, 5.41) is 1.04. The summed E-state index contributed by atoms with van der Waals surface area (Å²) in [6, 6.07) is 3.42. The van der Waals surface area contributed by atoms with Gasteiger partial charge in [-0.25, -0.2) is 9.37 Å². The van der Waals surface area contributed by atoms with Gasteiger partial charge in [-0.05, 0) is 28.4 Å². The monoisotopic (exact) mass is 338 g/mol. The first-order chi connectivity index (χ1) is 9.56. The maximum absolute atomic E-state index is 14.1. The van der Waals surface area contributed by atoms with E-state index in [1.807, 2.05) is 0 Å². The van der Waals surface area contributed by atoms with Gasteiger partial charge < -0.3 is 10.5 Å². The number of aromatic nitrogens is 1. The molecule has 0 bridgehead atoms. The second-order valence-corrected chi connectivity index (χ2v) is 5.32. The number of halogens is 2. The van der Waals surface area contributed by atoms with Crippen LogP contribution in [0.4, 0.5) is 10.2 Å². The van der Waals surface area contributed by atoms with Crippen LogP contribution in [0.25, 0.3) is 16.5 Å². The minimum Gasteiger partial charge on any atom is -0.493 e. The summed E-state index contributed by atoms with van der Waals surface area (Å²) in [6.45, 7) is 6.52. The normalized spacial score (nSPS) is 10.8. The number of unbranched alkanes of at least 4 members (excludes halogenated alkanes) is 1. The van der Waals surface area contributed by atoms with Crippen molar-refractivity contribution in [1.29, 1.82) is 0 Å². The Hall–Kier alpha value is -1.62. The standard InChI is InChI=1S/C15H16BrFN2O/c1-3-4-7-20-9(2)13-10-5-6-12(16)14(17)11(10)8-19-15(13)18/h5-6,8H,2-4,7H2,1H3,(H2,18,19). The van der Waals surface area contributed by atoms with Crippen LogP contribution >= 0.6 is 15.9 Å². The average molecular weight is 339 g/mol. The summed E-state index contributed by atoms with van der Waals surface area (Å²) in [6.07, 6.45) is 3.38. The molecule has 3 nitrogen and oxygen atoms in total. The maximum Gasteiger partial charge on any atom is 0.146 e. The Morgan fingerprint density at radius 2 is 2.20 bits per heavy atom. The fraction of sp³-hybridized carbons (Fsp3) is 0.267. The number of hydrogen-bond acceptors (Lipinski definition) is 3. The van der Waals surface area contributed by atoms with E-state index in [2.05, 4.69) is 34.4 Å². The van der Waals surface area contributed by atoms with Gasteiger partial charge in [-0.2, -0.15) is 0 Å². The first kappa shape index (κ1) is 14.8. The molecule has 1 aromatic carbocycles. The van der Waals surface area contributed by atoms with Crippen LogP contribution in [0.3, 0.4) is 0 Å². The summed E-state index contributed by atoms with van der Waals surface area (Å²) in [5.41, 5.74) is 6.45. The van der Waals surface area contributed by atoms with Crippen LogP contribution in [0.1, 0.15) is 25.3 Å². The molecular weight excluding hydrogens is 323 g/mol. The maximum atomic E-state index is 14.1. The molecule has 106 valence electrons. The topological polar surface area (TPSA) is 48.1 Å². The van der Waals surface area contributed by atoms with Gasteiger partial charge in [-0.1, -0.05) is 26.0 Å². The van der Waals surface area contributed by atoms with Gasteiger partial charge >= 0.3 is 0 Å². The molecule has 2 aromatic rings. The van der Waals surface area contributed by atoms with Crippen LogP contribution in [0.15, 0.2) is 29.4 Å². The molecule has 20 heavy (non-hydrogen) atoms. The molecular formula is C15H16BrFN2O. The van der Waals surface area contributed by atoms with Crippen LogP contribution in [0.5, 0.6) is 0 Å². The minimum atomic E-state index is -0.363. The predicted molar refractivity (Wildman–Crippen MR) is 83.7 cm³/mol. The van der Waals surface area contributed by atoms with E-state index in [1.54, 1.807) is 12.1 Å². The van der Waals surface area contributed by atoms with Crippen molar-refractivity contribution in [1.82, 2.24) is 4.98 Å². The van der Waals surface area contributed by atoms with E-state index in [0.717, 1.165) is 12.8 Å². The molecule has 5 heteroatoms. The molecule has 0 aliphatic rings. The molecule has 2 rings (SSSR count). The highest BCUT2D eigenvalue weighted by Crippen LogP contribution is 2.32. The molecule has 0 atom stereocenters. The third kappa shape index (κ3) is 2.77. The lowest BCUT2D eigenvalue weighted by Crippen LogP contribution is -2.02. The van der Waals surface area contributed by atoms with Crippen molar-refractivity contribution in [2.75, 3.05) is 12.3 Å². The molecule has 0 amide bonds. The Morgan fingerprint density at radius 3 is 2.90 bits per heavy atom. The van der Waals surface area contributed by atoms with Crippen LogP contribution in [0, 0.1) is 5.82 Å². The summed E-state index contributed by atoms with van der Waals surface area (Å²) < 4.78 is 20.0. The Bertz CT molecular complexity index is 658. The lowest BCUT2D eigenvalue weighted by molar-refractivity contribution is 0.271. The van der Waals surface area contributed by atoms with Crippen molar-refractivity contribution >= 4 is 38.3 Å². The number of benzene rings is 1. The molecule has 0 aliphatic heterocycles. The second-order valence-electron chi connectivity index (χ2n) is 4.47. The number of nitrogen functional groups attached to an aromatic ring is 1. The van der Waals surface area contributed by atoms with Gasteiger partial charge in [-0.15, -0.1) is 0 Å². The largest absolute Gasteiger partial charge is 0.493 e. The smallest absolute Gasteiger partial charge is 0.146 e. The molecule has 0 radical (unpaired) electrons. The predicted octanol–water partition coefficient (Wildman–Crippen LogP) is 4.51. The van der Waals surface area contributed by atoms with Crippen LogP contribution < -0.4 is 5.73 Å². The number of fused-ring (bicyclic) bond motifs is 1. The van der Waals surface area contributed by atoms with Crippen LogP contribution in [-0.4, -0.2) is 11.6 Å². The molecule has 0 saturated carbocycles. The number of rotatable bonds is 5. The van der Waals surface area contributed by atoms with E-state index in [9.17, 15) is 4.39 Å². The highest BCUT2D eigenvalue weighted by molar-refractivity contribution is 9.10. The number of hydrogen-bond donors (Lipinski definition) is 1. The van der Waals surface area contributed by atoms with E-state index in [4.69, 9.17) is 10.5 Å². The number of nitrogens with two attached hydrogens (primary N) is 1. The fourth-order valence-electron chi connectivity index (χ4n) is 1.95. The third-order valence-electron chi connectivity index (χ3n) is 3.04. The summed E-state index contributed by atoms with van der Waals surface area (Å²) in [4.78, 5) is 4.03. The zero-order valence-electron chi connectivity index (χ0n) is 11.2. The Morgan fingerprint density at radius 1 is 1.45 bits per heavy atom. The van der Waals surface area contributed by atoms with E-state index in [1.165, 1.54) is 6.20 Å². The van der Waals surface area contributed by atoms with E-state index in [0.29, 0.717) is 39.0 Å². The molecule has 0 fully saturated rings. The second kappa shape index (κ2) is 6.22. The van der Waals surface area contributed by atoms with Crippen molar-refractivity contribution in [3.05, 3.63) is 40.8 Å². The highest BCUT2D eigenvalue weighted by atomic mass is 79.9. The van der Waals surface area contributed by atoms with Gasteiger partial charge in [0.15, 0.2) is 0 Å². The highest BCUT2D eigenvalue weighted by Gasteiger charge is 2.15. The van der Waals surface area contributed by atoms with Crippen molar-refractivity contribution in [2.24, 2.45) is 0 Å². The minimum absolute atomic E-state index is 0.292. The molecule has 0 spiro atoms. The molecule has 1 heterocycles. The third-order valence-corrected chi connectivity index (χ3v) is 3.66. The summed E-state index contributed by atoms with van der Waals surface area (Å²) in [7, 11) is 0. The van der Waals surface area contributed by atoms with Gasteiger partial charge in [0, 0.05) is 17.0 Å². The Kier molecular flexibility index (Phi) is 4.60. The van der Waals surface area contributed by atoms with Crippen molar-refractivity contribution in [3.63, 3.8) is 0 Å². The van der Waals surface area contributed by atoms with Crippen molar-refractivity contribution in [2.45, 2.75) is 19.8 Å². The lowest BCUT2D eigenvalue weighted by Gasteiger charge is -2.14.